The van der Waals surface area contributed by atoms with Crippen LogP contribution in [0.15, 0.2) is 54.6 Å². The van der Waals surface area contributed by atoms with E-state index in [1.807, 2.05) is 48.2 Å². The third-order valence-corrected chi connectivity index (χ3v) is 4.85. The molecule has 0 radical (unpaired) electrons. The van der Waals surface area contributed by atoms with Gasteiger partial charge < -0.3 is 9.88 Å². The monoisotopic (exact) mass is 336 g/mol. The zero-order chi connectivity index (χ0) is 16.7. The van der Waals surface area contributed by atoms with Crippen molar-refractivity contribution >= 4 is 34.0 Å². The highest BCUT2D eigenvalue weighted by Crippen LogP contribution is 2.30. The summed E-state index contributed by atoms with van der Waals surface area (Å²) in [5, 5.41) is 1.40. The average Bonchev–Trinajstić information content (AvgIpc) is 3.21. The van der Waals surface area contributed by atoms with Crippen molar-refractivity contribution in [1.29, 1.82) is 0 Å². The summed E-state index contributed by atoms with van der Waals surface area (Å²) in [7, 11) is 0. The van der Waals surface area contributed by atoms with Crippen LogP contribution in [0.1, 0.15) is 21.6 Å². The number of aryl methyl sites for hydroxylation is 1. The van der Waals surface area contributed by atoms with Gasteiger partial charge in [0.1, 0.15) is 5.69 Å². The maximum Gasteiger partial charge on any atom is 0.272 e. The van der Waals surface area contributed by atoms with Gasteiger partial charge >= 0.3 is 0 Å². The van der Waals surface area contributed by atoms with E-state index >= 15 is 0 Å². The minimum absolute atomic E-state index is 0.0592. The summed E-state index contributed by atoms with van der Waals surface area (Å²) in [6.45, 7) is 3.22. The Morgan fingerprint density at radius 1 is 1.17 bits per heavy atom. The number of H-pyrrole nitrogens is 1. The summed E-state index contributed by atoms with van der Waals surface area (Å²) in [6.07, 6.45) is 2.11. The molecule has 1 aromatic heterocycles. The lowest BCUT2D eigenvalue weighted by Gasteiger charge is -2.16. The largest absolute Gasteiger partial charge is 0.349 e. The van der Waals surface area contributed by atoms with Gasteiger partial charge in [-0.1, -0.05) is 59.6 Å². The van der Waals surface area contributed by atoms with Crippen LogP contribution in [0, 0.1) is 6.92 Å². The Morgan fingerprint density at radius 3 is 2.75 bits per heavy atom. The van der Waals surface area contributed by atoms with Gasteiger partial charge in [0.15, 0.2) is 0 Å². The molecule has 4 rings (SSSR count). The van der Waals surface area contributed by atoms with Gasteiger partial charge in [0.05, 0.1) is 5.02 Å². The fraction of sp³-hybridized carbons (Fsp3) is 0.150. The first kappa shape index (κ1) is 15.0. The van der Waals surface area contributed by atoms with E-state index in [2.05, 4.69) is 23.2 Å². The van der Waals surface area contributed by atoms with Crippen molar-refractivity contribution in [3.8, 4) is 0 Å². The minimum atomic E-state index is -0.0592. The van der Waals surface area contributed by atoms with E-state index in [9.17, 15) is 4.79 Å². The number of nitrogens with one attached hydrogen (secondary N) is 1. The predicted octanol–water partition coefficient (Wildman–Crippen LogP) is 4.67. The van der Waals surface area contributed by atoms with Gasteiger partial charge in [-0.3, -0.25) is 4.79 Å². The molecule has 0 bridgehead atoms. The second-order valence-electron chi connectivity index (χ2n) is 6.14. The molecule has 0 saturated heterocycles. The molecule has 3 nitrogen and oxygen atoms in total. The van der Waals surface area contributed by atoms with Crippen LogP contribution >= 0.6 is 11.6 Å². The molecule has 3 aromatic rings. The second kappa shape index (κ2) is 5.84. The lowest BCUT2D eigenvalue weighted by atomic mass is 10.1. The zero-order valence-corrected chi connectivity index (χ0v) is 14.1. The van der Waals surface area contributed by atoms with E-state index in [1.165, 1.54) is 5.57 Å². The molecule has 1 aliphatic rings. The van der Waals surface area contributed by atoms with Crippen molar-refractivity contribution in [3.05, 3.63) is 76.5 Å². The van der Waals surface area contributed by atoms with Gasteiger partial charge in [-0.05, 0) is 30.2 Å². The van der Waals surface area contributed by atoms with Gasteiger partial charge in [0, 0.05) is 24.0 Å². The third-order valence-electron chi connectivity index (χ3n) is 4.46. The highest BCUT2D eigenvalue weighted by Gasteiger charge is 2.25. The summed E-state index contributed by atoms with van der Waals surface area (Å²) >= 11 is 6.46. The Morgan fingerprint density at radius 2 is 1.96 bits per heavy atom. The Hall–Kier alpha value is -2.52. The number of nitrogens with zero attached hydrogens (tertiary/aromatic N) is 1. The zero-order valence-electron chi connectivity index (χ0n) is 13.3. The van der Waals surface area contributed by atoms with Crippen LogP contribution in [-0.2, 0) is 0 Å². The van der Waals surface area contributed by atoms with Gasteiger partial charge in [0.2, 0.25) is 0 Å². The Bertz CT molecular complexity index is 956. The molecule has 2 heterocycles. The first-order valence-electron chi connectivity index (χ1n) is 7.95. The van der Waals surface area contributed by atoms with Crippen molar-refractivity contribution < 1.29 is 4.79 Å². The van der Waals surface area contributed by atoms with Crippen molar-refractivity contribution in [2.75, 3.05) is 13.1 Å². The number of aromatic amines is 1. The molecule has 0 fully saturated rings. The molecular formula is C20H17ClN2O. The normalized spacial score (nSPS) is 14.2. The van der Waals surface area contributed by atoms with Crippen LogP contribution in [0.5, 0.6) is 0 Å². The van der Waals surface area contributed by atoms with Crippen LogP contribution < -0.4 is 0 Å². The lowest BCUT2D eigenvalue weighted by molar-refractivity contribution is 0.0797. The van der Waals surface area contributed by atoms with E-state index in [4.69, 9.17) is 11.6 Å². The number of carbonyl (C=O) groups excluding carboxylic acids is 1. The minimum Gasteiger partial charge on any atom is -0.349 e. The molecule has 2 aromatic carbocycles. The molecule has 0 saturated carbocycles. The summed E-state index contributed by atoms with van der Waals surface area (Å²) in [4.78, 5) is 17.9. The highest BCUT2D eigenvalue weighted by molar-refractivity contribution is 6.38. The maximum atomic E-state index is 12.9. The lowest BCUT2D eigenvalue weighted by Crippen LogP contribution is -2.29. The summed E-state index contributed by atoms with van der Waals surface area (Å²) < 4.78 is 0. The number of carbonyl (C=O) groups is 1. The van der Waals surface area contributed by atoms with E-state index < -0.39 is 0 Å². The molecule has 0 atom stereocenters. The Kier molecular flexibility index (Phi) is 3.66. The number of amides is 1. The molecule has 24 heavy (non-hydrogen) atoms. The van der Waals surface area contributed by atoms with Gasteiger partial charge in [-0.2, -0.15) is 0 Å². The topological polar surface area (TPSA) is 36.1 Å². The second-order valence-corrected chi connectivity index (χ2v) is 6.52. The summed E-state index contributed by atoms with van der Waals surface area (Å²) in [6, 6.07) is 16.1. The number of rotatable bonds is 2. The smallest absolute Gasteiger partial charge is 0.272 e. The van der Waals surface area contributed by atoms with Crippen LogP contribution in [0.3, 0.4) is 0 Å². The molecule has 0 aliphatic carbocycles. The van der Waals surface area contributed by atoms with Gasteiger partial charge in [-0.25, -0.2) is 0 Å². The Balaban J connectivity index is 1.61. The standard InChI is InChI=1S/C20H17ClN2O/c1-13-7-8-17-16(11-13)18(21)19(22-17)20(24)23-10-9-15(12-23)14-5-3-2-4-6-14/h2-9,11,22H,10,12H2,1H3. The van der Waals surface area contributed by atoms with Crippen LogP contribution in [-0.4, -0.2) is 28.9 Å². The molecule has 1 N–H and O–H groups in total. The predicted molar refractivity (Wildman–Crippen MR) is 98.4 cm³/mol. The van der Waals surface area contributed by atoms with Crippen molar-refractivity contribution in [2.45, 2.75) is 6.92 Å². The fourth-order valence-corrected chi connectivity index (χ4v) is 3.43. The Labute approximate surface area is 145 Å². The number of hydrogen-bond acceptors (Lipinski definition) is 1. The number of hydrogen-bond donors (Lipinski definition) is 1. The number of benzene rings is 2. The van der Waals surface area contributed by atoms with Crippen LogP contribution in [0.25, 0.3) is 16.5 Å². The van der Waals surface area contributed by atoms with Crippen LogP contribution in [0.2, 0.25) is 5.02 Å². The average molecular weight is 337 g/mol. The van der Waals surface area contributed by atoms with Crippen LogP contribution in [0.4, 0.5) is 0 Å². The highest BCUT2D eigenvalue weighted by atomic mass is 35.5. The number of halogens is 1. The third kappa shape index (κ3) is 2.51. The molecule has 4 heteroatoms. The van der Waals surface area contributed by atoms with Crippen molar-refractivity contribution in [3.63, 3.8) is 0 Å². The first-order chi connectivity index (χ1) is 11.6. The van der Waals surface area contributed by atoms with E-state index in [-0.39, 0.29) is 5.91 Å². The maximum absolute atomic E-state index is 12.9. The van der Waals surface area contributed by atoms with Crippen molar-refractivity contribution in [1.82, 2.24) is 9.88 Å². The molecule has 1 aliphatic heterocycles. The van der Waals surface area contributed by atoms with E-state index in [0.29, 0.717) is 23.8 Å². The van der Waals surface area contributed by atoms with Crippen molar-refractivity contribution in [2.24, 2.45) is 0 Å². The quantitative estimate of drug-likeness (QED) is 0.725. The van der Waals surface area contributed by atoms with E-state index in [0.717, 1.165) is 22.0 Å². The first-order valence-corrected chi connectivity index (χ1v) is 8.33. The molecule has 0 spiro atoms. The van der Waals surface area contributed by atoms with Gasteiger partial charge in [-0.15, -0.1) is 0 Å². The number of fused-ring (bicyclic) bond motifs is 1. The summed E-state index contributed by atoms with van der Waals surface area (Å²) in [5.74, 6) is -0.0592. The molecular weight excluding hydrogens is 320 g/mol. The SMILES string of the molecule is Cc1ccc2[nH]c(C(=O)N3CC=C(c4ccccc4)C3)c(Cl)c2c1. The fourth-order valence-electron chi connectivity index (χ4n) is 3.15. The molecule has 120 valence electrons. The molecule has 0 unspecified atom stereocenters. The summed E-state index contributed by atoms with van der Waals surface area (Å²) in [5.41, 5.74) is 4.82. The van der Waals surface area contributed by atoms with E-state index in [1.54, 1.807) is 0 Å². The molecule has 1 amide bonds. The number of aromatic nitrogens is 1. The van der Waals surface area contributed by atoms with Gasteiger partial charge in [0.25, 0.3) is 5.91 Å².